The maximum atomic E-state index is 13.2. The molecule has 1 heterocycles. The molecule has 1 fully saturated rings. The van der Waals surface area contributed by atoms with Crippen molar-refractivity contribution in [2.75, 3.05) is 6.54 Å². The van der Waals surface area contributed by atoms with Crippen molar-refractivity contribution in [1.82, 2.24) is 5.32 Å². The van der Waals surface area contributed by atoms with Crippen LogP contribution in [0.15, 0.2) is 60.7 Å². The van der Waals surface area contributed by atoms with E-state index in [0.717, 1.165) is 47.3 Å². The average molecular weight is 496 g/mol. The van der Waals surface area contributed by atoms with Gasteiger partial charge in [-0.15, -0.1) is 11.3 Å². The fourth-order valence-electron chi connectivity index (χ4n) is 4.59. The molecule has 1 aromatic heterocycles. The summed E-state index contributed by atoms with van der Waals surface area (Å²) in [5.41, 5.74) is 14.6. The van der Waals surface area contributed by atoms with Gasteiger partial charge in [0.05, 0.1) is 6.04 Å². The number of rotatable bonds is 8. The molecule has 2 amide bonds. The van der Waals surface area contributed by atoms with E-state index >= 15 is 0 Å². The van der Waals surface area contributed by atoms with Gasteiger partial charge in [-0.2, -0.15) is 0 Å². The summed E-state index contributed by atoms with van der Waals surface area (Å²) in [6.07, 6.45) is 4.47. The number of benzene rings is 2. The molecule has 1 unspecified atom stereocenters. The van der Waals surface area contributed by atoms with Crippen LogP contribution in [0.3, 0.4) is 0 Å². The van der Waals surface area contributed by atoms with Crippen molar-refractivity contribution in [3.63, 3.8) is 0 Å². The molecule has 1 aliphatic rings. The van der Waals surface area contributed by atoms with E-state index in [-0.39, 0.29) is 17.9 Å². The highest BCUT2D eigenvalue weighted by molar-refractivity contribution is 7.16. The molecule has 4 rings (SSSR count). The molecule has 178 valence electrons. The molecule has 5 N–H and O–H groups in total. The van der Waals surface area contributed by atoms with Gasteiger partial charge in [-0.3, -0.25) is 9.59 Å². The van der Waals surface area contributed by atoms with Gasteiger partial charge in [0.25, 0.3) is 0 Å². The summed E-state index contributed by atoms with van der Waals surface area (Å²) in [6, 6.07) is 19.1. The van der Waals surface area contributed by atoms with Gasteiger partial charge in [0, 0.05) is 21.9 Å². The molecule has 7 heteroatoms. The minimum Gasteiger partial charge on any atom is -0.366 e. The fourth-order valence-corrected chi connectivity index (χ4v) is 5.98. The van der Waals surface area contributed by atoms with Gasteiger partial charge in [-0.05, 0) is 73.9 Å². The van der Waals surface area contributed by atoms with E-state index in [4.69, 9.17) is 23.1 Å². The standard InChI is InChI=1S/C27H30ClN3O2S/c28-25-22(19-10-12-20(13-11-19)26(30)32)15-24(34-25)23(14-17-4-2-1-3-5-17)31-27(33)21-8-6-18(16-29)7-9-21/h1-5,10-13,15,18,21,23H,6-9,14,16,29H2,(H2,30,32)(H,31,33). The number of nitrogens with two attached hydrogens (primary N) is 2. The molecule has 1 saturated carbocycles. The molecule has 0 spiro atoms. The Balaban J connectivity index is 1.57. The van der Waals surface area contributed by atoms with Crippen LogP contribution in [0.25, 0.3) is 11.1 Å². The molecule has 34 heavy (non-hydrogen) atoms. The number of nitrogens with one attached hydrogen (secondary N) is 1. The minimum absolute atomic E-state index is 0.0253. The first-order valence-corrected chi connectivity index (χ1v) is 12.9. The number of thiophene rings is 1. The topological polar surface area (TPSA) is 98.2 Å². The number of amides is 2. The van der Waals surface area contributed by atoms with E-state index in [2.05, 4.69) is 17.4 Å². The number of hydrogen-bond donors (Lipinski definition) is 3. The van der Waals surface area contributed by atoms with Crippen molar-refractivity contribution in [3.8, 4) is 11.1 Å². The molecule has 2 aromatic carbocycles. The lowest BCUT2D eigenvalue weighted by molar-refractivity contribution is -0.127. The number of carbonyl (C=O) groups excluding carboxylic acids is 2. The van der Waals surface area contributed by atoms with Crippen molar-refractivity contribution < 1.29 is 9.59 Å². The van der Waals surface area contributed by atoms with E-state index in [0.29, 0.717) is 28.8 Å². The molecular weight excluding hydrogens is 466 g/mol. The summed E-state index contributed by atoms with van der Waals surface area (Å²) in [4.78, 5) is 25.6. The average Bonchev–Trinajstić information content (AvgIpc) is 3.25. The van der Waals surface area contributed by atoms with Gasteiger partial charge >= 0.3 is 0 Å². The van der Waals surface area contributed by atoms with E-state index in [1.807, 2.05) is 36.4 Å². The molecule has 5 nitrogen and oxygen atoms in total. The van der Waals surface area contributed by atoms with Gasteiger partial charge in [-0.25, -0.2) is 0 Å². The second kappa shape index (κ2) is 11.2. The van der Waals surface area contributed by atoms with Crippen LogP contribution in [-0.4, -0.2) is 18.4 Å². The molecule has 0 bridgehead atoms. The van der Waals surface area contributed by atoms with Crippen molar-refractivity contribution in [1.29, 1.82) is 0 Å². The Kier molecular flexibility index (Phi) is 8.03. The Morgan fingerprint density at radius 1 is 1.03 bits per heavy atom. The van der Waals surface area contributed by atoms with Crippen molar-refractivity contribution in [2.45, 2.75) is 38.1 Å². The summed E-state index contributed by atoms with van der Waals surface area (Å²) < 4.78 is 0.651. The maximum Gasteiger partial charge on any atom is 0.248 e. The third-order valence-electron chi connectivity index (χ3n) is 6.68. The second-order valence-electron chi connectivity index (χ2n) is 8.98. The Morgan fingerprint density at radius 3 is 2.32 bits per heavy atom. The lowest BCUT2D eigenvalue weighted by Crippen LogP contribution is -2.37. The van der Waals surface area contributed by atoms with Gasteiger partial charge in [0.1, 0.15) is 4.34 Å². The zero-order valence-corrected chi connectivity index (χ0v) is 20.6. The minimum atomic E-state index is -0.463. The van der Waals surface area contributed by atoms with Crippen LogP contribution >= 0.6 is 22.9 Å². The molecule has 0 radical (unpaired) electrons. The SMILES string of the molecule is NCC1CCC(C(=O)NC(Cc2ccccc2)c2cc(-c3ccc(C(N)=O)cc3)c(Cl)s2)CC1. The number of halogens is 1. The predicted octanol–water partition coefficient (Wildman–Crippen LogP) is 5.33. The van der Waals surface area contributed by atoms with E-state index < -0.39 is 5.91 Å². The summed E-state index contributed by atoms with van der Waals surface area (Å²) in [6.45, 7) is 0.696. The third-order valence-corrected chi connectivity index (χ3v) is 8.15. The number of carbonyl (C=O) groups is 2. The highest BCUT2D eigenvalue weighted by atomic mass is 35.5. The van der Waals surface area contributed by atoms with Crippen LogP contribution in [-0.2, 0) is 11.2 Å². The molecule has 1 atom stereocenters. The number of primary amides is 1. The normalized spacial score (nSPS) is 18.9. The Labute approximate surface area is 209 Å². The summed E-state index contributed by atoms with van der Waals surface area (Å²) >= 11 is 8.13. The Hall–Kier alpha value is -2.67. The maximum absolute atomic E-state index is 13.2. The van der Waals surface area contributed by atoms with Gasteiger partial charge in [0.2, 0.25) is 11.8 Å². The Morgan fingerprint density at radius 2 is 1.71 bits per heavy atom. The second-order valence-corrected chi connectivity index (χ2v) is 10.7. The van der Waals surface area contributed by atoms with E-state index in [1.54, 1.807) is 12.1 Å². The smallest absolute Gasteiger partial charge is 0.248 e. The van der Waals surface area contributed by atoms with Crippen LogP contribution in [0, 0.1) is 11.8 Å². The predicted molar refractivity (Wildman–Crippen MR) is 139 cm³/mol. The molecule has 3 aromatic rings. The summed E-state index contributed by atoms with van der Waals surface area (Å²) in [7, 11) is 0. The van der Waals surface area contributed by atoms with Crippen LogP contribution in [0.1, 0.15) is 52.5 Å². The number of hydrogen-bond acceptors (Lipinski definition) is 4. The quantitative estimate of drug-likeness (QED) is 0.393. The van der Waals surface area contributed by atoms with Crippen LogP contribution in [0.5, 0.6) is 0 Å². The highest BCUT2D eigenvalue weighted by Gasteiger charge is 2.28. The third kappa shape index (κ3) is 5.87. The fraction of sp³-hybridized carbons (Fsp3) is 0.333. The van der Waals surface area contributed by atoms with Crippen LogP contribution < -0.4 is 16.8 Å². The first-order chi connectivity index (χ1) is 16.4. The summed E-state index contributed by atoms with van der Waals surface area (Å²) in [5.74, 6) is 0.198. The van der Waals surface area contributed by atoms with Crippen LogP contribution in [0.4, 0.5) is 0 Å². The lowest BCUT2D eigenvalue weighted by Gasteiger charge is -2.28. The first kappa shape index (κ1) is 24.5. The van der Waals surface area contributed by atoms with Crippen LogP contribution in [0.2, 0.25) is 4.34 Å². The largest absolute Gasteiger partial charge is 0.366 e. The van der Waals surface area contributed by atoms with Gasteiger partial charge < -0.3 is 16.8 Å². The first-order valence-electron chi connectivity index (χ1n) is 11.7. The molecule has 0 saturated heterocycles. The van der Waals surface area contributed by atoms with Crippen molar-refractivity contribution in [3.05, 3.63) is 81.0 Å². The monoisotopic (exact) mass is 495 g/mol. The van der Waals surface area contributed by atoms with Crippen molar-refractivity contribution in [2.24, 2.45) is 23.3 Å². The molecule has 0 aliphatic heterocycles. The van der Waals surface area contributed by atoms with Gasteiger partial charge in [-0.1, -0.05) is 54.1 Å². The Bertz CT molecular complexity index is 1120. The highest BCUT2D eigenvalue weighted by Crippen LogP contribution is 2.39. The summed E-state index contributed by atoms with van der Waals surface area (Å²) in [5, 5.41) is 3.32. The molecule has 1 aliphatic carbocycles. The van der Waals surface area contributed by atoms with Gasteiger partial charge in [0.15, 0.2) is 0 Å². The zero-order chi connectivity index (χ0) is 24.1. The van der Waals surface area contributed by atoms with Crippen molar-refractivity contribution >= 4 is 34.8 Å². The van der Waals surface area contributed by atoms with E-state index in [9.17, 15) is 9.59 Å². The lowest BCUT2D eigenvalue weighted by atomic mass is 9.81. The van der Waals surface area contributed by atoms with E-state index in [1.165, 1.54) is 11.3 Å². The zero-order valence-electron chi connectivity index (χ0n) is 19.0. The molecular formula is C27H30ClN3O2S.